The van der Waals surface area contributed by atoms with Crippen LogP contribution < -0.4 is 0 Å². The van der Waals surface area contributed by atoms with E-state index in [1.165, 1.54) is 46.4 Å². The smallest absolute Gasteiger partial charge is 0.298 e. The van der Waals surface area contributed by atoms with Gasteiger partial charge in [0, 0.05) is 37.8 Å². The lowest BCUT2D eigenvalue weighted by atomic mass is 10.0. The first-order chi connectivity index (χ1) is 13.8. The van der Waals surface area contributed by atoms with Crippen LogP contribution in [0, 0.1) is 10.1 Å². The minimum absolute atomic E-state index is 0.0314. The number of nitrogens with zero attached hydrogens (tertiary/aromatic N) is 3. The van der Waals surface area contributed by atoms with Crippen LogP contribution >= 0.6 is 12.6 Å². The lowest BCUT2D eigenvalue weighted by molar-refractivity contribution is -0.387. The molecule has 9 nitrogen and oxygen atoms in total. The quantitative estimate of drug-likeness (QED) is 0.200. The van der Waals surface area contributed by atoms with Crippen LogP contribution in [0.25, 0.3) is 5.57 Å². The molecule has 10 heteroatoms. The fourth-order valence-electron chi connectivity index (χ4n) is 2.94. The van der Waals surface area contributed by atoms with E-state index >= 15 is 0 Å². The van der Waals surface area contributed by atoms with Crippen molar-refractivity contribution in [2.24, 2.45) is 0 Å². The van der Waals surface area contributed by atoms with Gasteiger partial charge in [-0.25, -0.2) is 0 Å². The number of rotatable bonds is 5. The van der Waals surface area contributed by atoms with Crippen LogP contribution in [0.15, 0.2) is 52.5 Å². The molecule has 0 aliphatic carbocycles. The Bertz CT molecular complexity index is 993. The molecule has 0 N–H and O–H groups in total. The molecule has 1 aromatic heterocycles. The van der Waals surface area contributed by atoms with Gasteiger partial charge >= 0.3 is 0 Å². The molecule has 0 radical (unpaired) electrons. The van der Waals surface area contributed by atoms with E-state index in [4.69, 9.17) is 4.42 Å². The van der Waals surface area contributed by atoms with Crippen LogP contribution in [0.1, 0.15) is 16.1 Å². The zero-order chi connectivity index (χ0) is 21.1. The number of hydrogen-bond donors (Lipinski definition) is 1. The number of nitro groups is 1. The van der Waals surface area contributed by atoms with Crippen molar-refractivity contribution in [2.75, 3.05) is 26.2 Å². The molecule has 2 aromatic rings. The number of amides is 2. The van der Waals surface area contributed by atoms with Crippen molar-refractivity contribution in [3.05, 3.63) is 64.6 Å². The van der Waals surface area contributed by atoms with E-state index < -0.39 is 22.5 Å². The molecule has 3 rings (SSSR count). The maximum atomic E-state index is 12.7. The van der Waals surface area contributed by atoms with Crippen molar-refractivity contribution >= 4 is 41.5 Å². The van der Waals surface area contributed by atoms with Gasteiger partial charge in [-0.3, -0.25) is 24.5 Å². The van der Waals surface area contributed by atoms with Crippen molar-refractivity contribution in [3.8, 4) is 0 Å². The maximum Gasteiger partial charge on any atom is 0.298 e. The van der Waals surface area contributed by atoms with Gasteiger partial charge in [0.2, 0.25) is 0 Å². The Hall–Kier alpha value is -3.40. The number of Topliss-reactive ketones (excluding diaryl/α,β-unsaturated/α-hetero) is 1. The molecule has 150 valence electrons. The first kappa shape index (κ1) is 20.3. The Balaban J connectivity index is 1.63. The molecule has 1 saturated heterocycles. The summed E-state index contributed by atoms with van der Waals surface area (Å²) in [7, 11) is 0. The monoisotopic (exact) mass is 415 g/mol. The van der Waals surface area contributed by atoms with Crippen molar-refractivity contribution in [1.29, 1.82) is 0 Å². The average Bonchev–Trinajstić information content (AvgIpc) is 3.26. The third kappa shape index (κ3) is 4.21. The van der Waals surface area contributed by atoms with Gasteiger partial charge in [-0.15, -0.1) is 12.6 Å². The number of furan rings is 1. The number of benzene rings is 1. The lowest BCUT2D eigenvalue weighted by Gasteiger charge is -2.34. The fraction of sp³-hybridized carbons (Fsp3) is 0.211. The van der Waals surface area contributed by atoms with Gasteiger partial charge < -0.3 is 14.2 Å². The number of carbonyl (C=O) groups excluding carboxylic acids is 3. The Morgan fingerprint density at radius 3 is 2.24 bits per heavy atom. The number of hydrogen-bond acceptors (Lipinski definition) is 7. The van der Waals surface area contributed by atoms with Crippen molar-refractivity contribution in [3.63, 3.8) is 0 Å². The molecule has 1 fully saturated rings. The molecular weight excluding hydrogens is 398 g/mol. The van der Waals surface area contributed by atoms with E-state index in [9.17, 15) is 24.5 Å². The minimum Gasteiger partial charge on any atom is -0.461 e. The van der Waals surface area contributed by atoms with Gasteiger partial charge in [-0.2, -0.15) is 0 Å². The Morgan fingerprint density at radius 1 is 1.07 bits per heavy atom. The third-order valence-corrected chi connectivity index (χ3v) is 4.95. The Kier molecular flexibility index (Phi) is 5.83. The van der Waals surface area contributed by atoms with E-state index in [1.54, 1.807) is 0 Å². The number of nitro benzene ring substituents is 1. The highest BCUT2D eigenvalue weighted by Gasteiger charge is 2.30. The average molecular weight is 415 g/mol. The topological polar surface area (TPSA) is 114 Å². The first-order valence-corrected chi connectivity index (χ1v) is 9.07. The summed E-state index contributed by atoms with van der Waals surface area (Å²) in [6, 6.07) is 7.17. The summed E-state index contributed by atoms with van der Waals surface area (Å²) in [6.45, 7) is 4.54. The predicted molar refractivity (Wildman–Crippen MR) is 106 cm³/mol. The zero-order valence-corrected chi connectivity index (χ0v) is 16.1. The second-order valence-electron chi connectivity index (χ2n) is 6.33. The Labute approximate surface area is 171 Å². The van der Waals surface area contributed by atoms with Gasteiger partial charge in [0.05, 0.1) is 16.1 Å². The van der Waals surface area contributed by atoms with Gasteiger partial charge in [0.25, 0.3) is 23.3 Å². The molecule has 1 aliphatic heterocycles. The van der Waals surface area contributed by atoms with Crippen LogP contribution in [0.4, 0.5) is 5.69 Å². The molecule has 29 heavy (non-hydrogen) atoms. The van der Waals surface area contributed by atoms with Crippen molar-refractivity contribution in [2.45, 2.75) is 4.90 Å². The molecule has 0 bridgehead atoms. The van der Waals surface area contributed by atoms with Crippen LogP contribution in [0.2, 0.25) is 0 Å². The highest BCUT2D eigenvalue weighted by atomic mass is 32.1. The van der Waals surface area contributed by atoms with E-state index in [-0.39, 0.29) is 48.1 Å². The zero-order valence-electron chi connectivity index (χ0n) is 15.2. The van der Waals surface area contributed by atoms with Crippen LogP contribution in [-0.2, 0) is 9.59 Å². The van der Waals surface area contributed by atoms with E-state index in [0.717, 1.165) is 0 Å². The van der Waals surface area contributed by atoms with Crippen molar-refractivity contribution < 1.29 is 23.7 Å². The number of ketones is 1. The second-order valence-corrected chi connectivity index (χ2v) is 6.81. The van der Waals surface area contributed by atoms with Gasteiger partial charge in [-0.1, -0.05) is 12.6 Å². The number of piperazine rings is 1. The molecule has 0 unspecified atom stereocenters. The standard InChI is InChI=1S/C19H17N3O6S/c1-12(13-4-5-16(29)14(11-13)22(26)27)18(24)20-6-8-21(9-7-20)19(25)17(23)15-3-2-10-28-15/h2-5,10-11,29H,1,6-9H2. The van der Waals surface area contributed by atoms with E-state index in [0.29, 0.717) is 5.56 Å². The fourth-order valence-corrected chi connectivity index (χ4v) is 3.16. The molecule has 1 aromatic carbocycles. The predicted octanol–water partition coefficient (Wildman–Crippen LogP) is 2.04. The summed E-state index contributed by atoms with van der Waals surface area (Å²) in [4.78, 5) is 50.6. The summed E-state index contributed by atoms with van der Waals surface area (Å²) in [5, 5.41) is 11.1. The highest BCUT2D eigenvalue weighted by molar-refractivity contribution is 7.80. The van der Waals surface area contributed by atoms with Crippen LogP contribution in [-0.4, -0.2) is 58.5 Å². The minimum atomic E-state index is -0.738. The molecule has 2 heterocycles. The summed E-state index contributed by atoms with van der Waals surface area (Å²) in [5.41, 5.74) is 0.213. The van der Waals surface area contributed by atoms with E-state index in [2.05, 4.69) is 19.2 Å². The van der Waals surface area contributed by atoms with Crippen LogP contribution in [0.3, 0.4) is 0 Å². The molecule has 2 amide bonds. The summed E-state index contributed by atoms with van der Waals surface area (Å²) in [6.07, 6.45) is 1.31. The number of carbonyl (C=O) groups is 3. The molecule has 0 spiro atoms. The normalized spacial score (nSPS) is 13.8. The largest absolute Gasteiger partial charge is 0.461 e. The number of thiol groups is 1. The van der Waals surface area contributed by atoms with Gasteiger partial charge in [0.15, 0.2) is 5.76 Å². The van der Waals surface area contributed by atoms with E-state index in [1.807, 2.05) is 0 Å². The maximum absolute atomic E-state index is 12.7. The van der Waals surface area contributed by atoms with Gasteiger partial charge in [-0.05, 0) is 23.8 Å². The van der Waals surface area contributed by atoms with Crippen LogP contribution in [0.5, 0.6) is 0 Å². The Morgan fingerprint density at radius 2 is 1.69 bits per heavy atom. The molecule has 0 saturated carbocycles. The summed E-state index contributed by atoms with van der Waals surface area (Å²) < 4.78 is 4.96. The summed E-state index contributed by atoms with van der Waals surface area (Å²) >= 11 is 4.04. The molecule has 1 aliphatic rings. The second kappa shape index (κ2) is 8.31. The molecule has 0 atom stereocenters. The lowest BCUT2D eigenvalue weighted by Crippen LogP contribution is -2.52. The summed E-state index contributed by atoms with van der Waals surface area (Å²) in [5.74, 6) is -1.85. The highest BCUT2D eigenvalue weighted by Crippen LogP contribution is 2.27. The first-order valence-electron chi connectivity index (χ1n) is 8.62. The molecular formula is C19H17N3O6S. The van der Waals surface area contributed by atoms with Gasteiger partial charge in [0.1, 0.15) is 0 Å². The SMILES string of the molecule is C=C(C(=O)N1CCN(C(=O)C(=O)c2ccco2)CC1)c1ccc(S)c([N+](=O)[O-])c1. The van der Waals surface area contributed by atoms with Crippen molar-refractivity contribution in [1.82, 2.24) is 9.80 Å². The third-order valence-electron chi connectivity index (χ3n) is 4.57.